The number of thiazole rings is 1. The number of para-hydroxylation sites is 3. The third-order valence-corrected chi connectivity index (χ3v) is 7.97. The van der Waals surface area contributed by atoms with E-state index in [1.165, 1.54) is 28.7 Å². The number of carbonyl (C=O) groups is 1. The first-order chi connectivity index (χ1) is 17.2. The second kappa shape index (κ2) is 9.16. The molecule has 9 heteroatoms. The highest BCUT2D eigenvalue weighted by Crippen LogP contribution is 2.29. The standard InChI is InChI=1S/C26H21N5O2S2/c32-24(29-15-14-18-8-4-5-11-20(18)29)17-34-25-28-27-23(31(25)19-9-2-1-3-10-19)16-30-21-12-6-7-13-22(21)35-26(30)33/h1-13H,14-17H2. The molecule has 1 aliphatic heterocycles. The van der Waals surface area contributed by atoms with E-state index in [2.05, 4.69) is 16.3 Å². The van der Waals surface area contributed by atoms with Gasteiger partial charge in [0.05, 0.1) is 22.5 Å². The highest BCUT2D eigenvalue weighted by atomic mass is 32.2. The average molecular weight is 500 g/mol. The maximum atomic E-state index is 13.1. The average Bonchev–Trinajstić information content (AvgIpc) is 3.59. The summed E-state index contributed by atoms with van der Waals surface area (Å²) in [4.78, 5) is 27.6. The predicted octanol–water partition coefficient (Wildman–Crippen LogP) is 4.37. The molecule has 35 heavy (non-hydrogen) atoms. The predicted molar refractivity (Wildman–Crippen MR) is 140 cm³/mol. The van der Waals surface area contributed by atoms with E-state index < -0.39 is 0 Å². The van der Waals surface area contributed by atoms with Gasteiger partial charge in [0.25, 0.3) is 0 Å². The third kappa shape index (κ3) is 4.06. The third-order valence-electron chi connectivity index (χ3n) is 6.10. The molecule has 0 saturated carbocycles. The summed E-state index contributed by atoms with van der Waals surface area (Å²) in [5.74, 6) is 0.938. The zero-order chi connectivity index (χ0) is 23.8. The van der Waals surface area contributed by atoms with Crippen LogP contribution in [-0.2, 0) is 17.8 Å². The van der Waals surface area contributed by atoms with E-state index in [4.69, 9.17) is 0 Å². The fraction of sp³-hybridized carbons (Fsp3) is 0.154. The van der Waals surface area contributed by atoms with Crippen LogP contribution in [0, 0.1) is 0 Å². The van der Waals surface area contributed by atoms with Gasteiger partial charge < -0.3 is 4.90 Å². The second-order valence-electron chi connectivity index (χ2n) is 8.20. The number of hydrogen-bond acceptors (Lipinski definition) is 6. The summed E-state index contributed by atoms with van der Waals surface area (Å²) in [6.45, 7) is 0.988. The van der Waals surface area contributed by atoms with Crippen LogP contribution in [0.5, 0.6) is 0 Å². The number of nitrogens with zero attached hydrogens (tertiary/aromatic N) is 5. The quantitative estimate of drug-likeness (QED) is 0.324. The smallest absolute Gasteiger partial charge is 0.308 e. The number of anilines is 1. The van der Waals surface area contributed by atoms with Crippen molar-refractivity contribution in [3.63, 3.8) is 0 Å². The molecule has 5 aromatic rings. The Labute approximate surface area is 209 Å². The minimum atomic E-state index is -0.0362. The maximum Gasteiger partial charge on any atom is 0.308 e. The Bertz CT molecular complexity index is 1590. The van der Waals surface area contributed by atoms with E-state index in [1.54, 1.807) is 4.57 Å². The number of amides is 1. The van der Waals surface area contributed by atoms with E-state index in [-0.39, 0.29) is 16.5 Å². The lowest BCUT2D eigenvalue weighted by molar-refractivity contribution is -0.116. The summed E-state index contributed by atoms with van der Waals surface area (Å²) in [6, 6.07) is 25.6. The molecule has 2 aromatic heterocycles. The van der Waals surface area contributed by atoms with Crippen molar-refractivity contribution in [3.05, 3.63) is 99.9 Å². The molecule has 0 atom stereocenters. The van der Waals surface area contributed by atoms with Crippen molar-refractivity contribution in [2.45, 2.75) is 18.1 Å². The molecule has 0 fully saturated rings. The van der Waals surface area contributed by atoms with Crippen LogP contribution in [0.15, 0.2) is 88.8 Å². The minimum absolute atomic E-state index is 0.0362. The molecule has 0 spiro atoms. The first-order valence-electron chi connectivity index (χ1n) is 11.3. The van der Waals surface area contributed by atoms with Crippen molar-refractivity contribution in [2.24, 2.45) is 0 Å². The van der Waals surface area contributed by atoms with Gasteiger partial charge in [0.15, 0.2) is 11.0 Å². The van der Waals surface area contributed by atoms with Gasteiger partial charge in [-0.3, -0.25) is 18.7 Å². The Morgan fingerprint density at radius 2 is 1.71 bits per heavy atom. The normalized spacial score (nSPS) is 12.9. The lowest BCUT2D eigenvalue weighted by atomic mass is 10.2. The van der Waals surface area contributed by atoms with Crippen LogP contribution in [0.2, 0.25) is 0 Å². The molecular formula is C26H21N5O2S2. The fourth-order valence-electron chi connectivity index (χ4n) is 4.44. The SMILES string of the molecule is O=C(CSc1nnc(Cn2c(=O)sc3ccccc32)n1-c1ccccc1)N1CCc2ccccc21. The van der Waals surface area contributed by atoms with E-state index in [9.17, 15) is 9.59 Å². The molecule has 0 unspecified atom stereocenters. The van der Waals surface area contributed by atoms with Crippen LogP contribution >= 0.6 is 23.1 Å². The molecule has 0 N–H and O–H groups in total. The van der Waals surface area contributed by atoms with Crippen molar-refractivity contribution in [1.29, 1.82) is 0 Å². The van der Waals surface area contributed by atoms with Gasteiger partial charge in [-0.2, -0.15) is 0 Å². The summed E-state index contributed by atoms with van der Waals surface area (Å²) in [5.41, 5.74) is 3.96. The van der Waals surface area contributed by atoms with E-state index in [0.717, 1.165) is 28.0 Å². The number of hydrogen-bond donors (Lipinski definition) is 0. The Balaban J connectivity index is 1.30. The summed E-state index contributed by atoms with van der Waals surface area (Å²) in [7, 11) is 0. The van der Waals surface area contributed by atoms with Crippen LogP contribution < -0.4 is 9.77 Å². The van der Waals surface area contributed by atoms with E-state index >= 15 is 0 Å². The van der Waals surface area contributed by atoms with Crippen molar-refractivity contribution in [3.8, 4) is 5.69 Å². The van der Waals surface area contributed by atoms with E-state index in [0.29, 0.717) is 24.1 Å². The van der Waals surface area contributed by atoms with E-state index in [1.807, 2.05) is 82.3 Å². The molecule has 6 rings (SSSR count). The molecular weight excluding hydrogens is 478 g/mol. The molecule has 1 amide bonds. The van der Waals surface area contributed by atoms with Gasteiger partial charge in [-0.05, 0) is 42.3 Å². The Hall–Kier alpha value is -3.69. The Kier molecular flexibility index (Phi) is 5.71. The van der Waals surface area contributed by atoms with Crippen LogP contribution in [-0.4, -0.2) is 37.5 Å². The molecule has 7 nitrogen and oxygen atoms in total. The Morgan fingerprint density at radius 1 is 0.943 bits per heavy atom. The van der Waals surface area contributed by atoms with Crippen molar-refractivity contribution >= 4 is 44.9 Å². The number of fused-ring (bicyclic) bond motifs is 2. The number of carbonyl (C=O) groups excluding carboxylic acids is 1. The highest BCUT2D eigenvalue weighted by molar-refractivity contribution is 7.99. The van der Waals surface area contributed by atoms with Gasteiger partial charge in [-0.1, -0.05) is 71.6 Å². The zero-order valence-corrected chi connectivity index (χ0v) is 20.3. The molecule has 1 aliphatic rings. The van der Waals surface area contributed by atoms with Crippen LogP contribution in [0.1, 0.15) is 11.4 Å². The molecule has 174 valence electrons. The maximum absolute atomic E-state index is 13.1. The summed E-state index contributed by atoms with van der Waals surface area (Å²) >= 11 is 2.59. The van der Waals surface area contributed by atoms with Gasteiger partial charge in [-0.15, -0.1) is 10.2 Å². The molecule has 3 heterocycles. The molecule has 0 radical (unpaired) electrons. The number of thioether (sulfide) groups is 1. The minimum Gasteiger partial charge on any atom is -0.311 e. The van der Waals surface area contributed by atoms with Crippen LogP contribution in [0.3, 0.4) is 0 Å². The largest absolute Gasteiger partial charge is 0.311 e. The van der Waals surface area contributed by atoms with Gasteiger partial charge in [0, 0.05) is 17.9 Å². The van der Waals surface area contributed by atoms with Crippen molar-refractivity contribution in [2.75, 3.05) is 17.2 Å². The van der Waals surface area contributed by atoms with Crippen molar-refractivity contribution < 1.29 is 4.79 Å². The molecule has 3 aromatic carbocycles. The Morgan fingerprint density at radius 3 is 2.60 bits per heavy atom. The topological polar surface area (TPSA) is 73.0 Å². The molecule has 0 saturated heterocycles. The lowest BCUT2D eigenvalue weighted by Crippen LogP contribution is -2.30. The first-order valence-corrected chi connectivity index (χ1v) is 13.1. The number of aromatic nitrogens is 4. The zero-order valence-electron chi connectivity index (χ0n) is 18.7. The summed E-state index contributed by atoms with van der Waals surface area (Å²) in [6.07, 6.45) is 0.875. The van der Waals surface area contributed by atoms with Gasteiger partial charge >= 0.3 is 4.87 Å². The van der Waals surface area contributed by atoms with Gasteiger partial charge in [0.2, 0.25) is 5.91 Å². The number of rotatable bonds is 6. The molecule has 0 aliphatic carbocycles. The summed E-state index contributed by atoms with van der Waals surface area (Å²) < 4.78 is 4.60. The number of benzene rings is 3. The fourth-order valence-corrected chi connectivity index (χ4v) is 6.18. The first kappa shape index (κ1) is 21.8. The lowest BCUT2D eigenvalue weighted by Gasteiger charge is -2.17. The highest BCUT2D eigenvalue weighted by Gasteiger charge is 2.25. The molecule has 0 bridgehead atoms. The van der Waals surface area contributed by atoms with Gasteiger partial charge in [-0.25, -0.2) is 0 Å². The van der Waals surface area contributed by atoms with Crippen LogP contribution in [0.25, 0.3) is 15.9 Å². The second-order valence-corrected chi connectivity index (χ2v) is 10.1. The van der Waals surface area contributed by atoms with Gasteiger partial charge in [0.1, 0.15) is 0 Å². The van der Waals surface area contributed by atoms with Crippen LogP contribution in [0.4, 0.5) is 5.69 Å². The monoisotopic (exact) mass is 499 g/mol. The van der Waals surface area contributed by atoms with Crippen molar-refractivity contribution in [1.82, 2.24) is 19.3 Å². The summed E-state index contributed by atoms with van der Waals surface area (Å²) in [5, 5.41) is 9.48.